The van der Waals surface area contributed by atoms with Crippen LogP contribution in [0.1, 0.15) is 30.0 Å². The van der Waals surface area contributed by atoms with E-state index in [0.717, 1.165) is 16.7 Å². The van der Waals surface area contributed by atoms with Crippen LogP contribution in [0.2, 0.25) is 0 Å². The van der Waals surface area contributed by atoms with Crippen molar-refractivity contribution in [2.75, 3.05) is 5.73 Å². The van der Waals surface area contributed by atoms with Crippen molar-refractivity contribution >= 4 is 16.7 Å². The highest BCUT2D eigenvalue weighted by atomic mass is 19.1. The molecule has 0 unspecified atom stereocenters. The average molecular weight is 282 g/mol. The molecule has 5 heteroatoms. The van der Waals surface area contributed by atoms with E-state index in [1.807, 2.05) is 6.92 Å². The lowest BCUT2D eigenvalue weighted by molar-refractivity contribution is 0.612. The van der Waals surface area contributed by atoms with Crippen LogP contribution in [0.15, 0.2) is 30.5 Å². The van der Waals surface area contributed by atoms with E-state index in [1.165, 1.54) is 24.5 Å². The number of anilines is 1. The van der Waals surface area contributed by atoms with Gasteiger partial charge in [-0.05, 0) is 55.5 Å². The largest absolute Gasteiger partial charge is 0.399 e. The number of hydrogen-bond acceptors (Lipinski definition) is 3. The van der Waals surface area contributed by atoms with Gasteiger partial charge in [0.15, 0.2) is 5.82 Å². The van der Waals surface area contributed by atoms with Crippen molar-refractivity contribution in [2.24, 2.45) is 0 Å². The molecule has 21 heavy (non-hydrogen) atoms. The second kappa shape index (κ2) is 4.28. The molecule has 0 atom stereocenters. The summed E-state index contributed by atoms with van der Waals surface area (Å²) in [6.07, 6.45) is 4.17. The van der Waals surface area contributed by atoms with Gasteiger partial charge in [-0.1, -0.05) is 0 Å². The highest BCUT2D eigenvalue weighted by Gasteiger charge is 2.27. The molecule has 4 nitrogen and oxygen atoms in total. The van der Waals surface area contributed by atoms with Crippen molar-refractivity contribution in [1.82, 2.24) is 14.8 Å². The predicted octanol–water partition coefficient (Wildman–Crippen LogP) is 3.33. The molecule has 2 aromatic heterocycles. The predicted molar refractivity (Wildman–Crippen MR) is 79.9 cm³/mol. The van der Waals surface area contributed by atoms with E-state index in [4.69, 9.17) is 5.73 Å². The number of nitrogens with zero attached hydrogens (tertiary/aromatic N) is 3. The third-order valence-electron chi connectivity index (χ3n) is 3.87. The molecule has 0 amide bonds. The molecule has 2 heterocycles. The maximum atomic E-state index is 14.1. The Balaban J connectivity index is 1.92. The Labute approximate surface area is 121 Å². The first-order valence-corrected chi connectivity index (χ1v) is 7.04. The fraction of sp³-hybridized carbons (Fsp3) is 0.250. The molecule has 0 spiro atoms. The summed E-state index contributed by atoms with van der Waals surface area (Å²) in [5, 5.41) is 4.55. The quantitative estimate of drug-likeness (QED) is 0.733. The van der Waals surface area contributed by atoms with Gasteiger partial charge in [0.1, 0.15) is 16.7 Å². The van der Waals surface area contributed by atoms with Crippen molar-refractivity contribution in [1.29, 1.82) is 0 Å². The summed E-state index contributed by atoms with van der Waals surface area (Å²) in [7, 11) is 0. The lowest BCUT2D eigenvalue weighted by atomic mass is 10.1. The lowest BCUT2D eigenvalue weighted by Gasteiger charge is -2.03. The van der Waals surface area contributed by atoms with Crippen LogP contribution in [0.25, 0.3) is 16.7 Å². The molecule has 1 saturated carbocycles. The molecule has 0 bridgehead atoms. The molecule has 1 fully saturated rings. The molecule has 2 N–H and O–H groups in total. The molecule has 0 saturated heterocycles. The molecule has 1 aliphatic rings. The second-order valence-electron chi connectivity index (χ2n) is 5.65. The van der Waals surface area contributed by atoms with Gasteiger partial charge in [-0.15, -0.1) is 0 Å². The van der Waals surface area contributed by atoms with Gasteiger partial charge in [-0.25, -0.2) is 14.1 Å². The minimum atomic E-state index is -0.382. The zero-order valence-corrected chi connectivity index (χ0v) is 11.7. The number of benzene rings is 1. The maximum Gasteiger partial charge on any atom is 0.150 e. The van der Waals surface area contributed by atoms with E-state index >= 15 is 0 Å². The van der Waals surface area contributed by atoms with Crippen LogP contribution in [0, 0.1) is 12.7 Å². The highest BCUT2D eigenvalue weighted by Crippen LogP contribution is 2.42. The van der Waals surface area contributed by atoms with E-state index in [9.17, 15) is 4.39 Å². The van der Waals surface area contributed by atoms with Crippen molar-refractivity contribution < 1.29 is 4.39 Å². The van der Waals surface area contributed by atoms with Crippen molar-refractivity contribution in [3.8, 4) is 5.69 Å². The van der Waals surface area contributed by atoms with Gasteiger partial charge in [0.2, 0.25) is 0 Å². The molecule has 4 rings (SSSR count). The first kappa shape index (κ1) is 12.3. The minimum Gasteiger partial charge on any atom is -0.399 e. The Hall–Kier alpha value is -2.43. The monoisotopic (exact) mass is 282 g/mol. The number of rotatable bonds is 2. The normalized spacial score (nSPS) is 14.8. The Morgan fingerprint density at radius 3 is 2.81 bits per heavy atom. The van der Waals surface area contributed by atoms with Crippen LogP contribution in [-0.2, 0) is 0 Å². The van der Waals surface area contributed by atoms with Crippen molar-refractivity contribution in [3.63, 3.8) is 0 Å². The fourth-order valence-electron chi connectivity index (χ4n) is 2.71. The molecule has 1 aliphatic carbocycles. The molecule has 0 radical (unpaired) electrons. The lowest BCUT2D eigenvalue weighted by Crippen LogP contribution is -1.99. The van der Waals surface area contributed by atoms with Crippen molar-refractivity contribution in [3.05, 3.63) is 47.5 Å². The summed E-state index contributed by atoms with van der Waals surface area (Å²) >= 11 is 0. The van der Waals surface area contributed by atoms with Gasteiger partial charge >= 0.3 is 0 Å². The number of pyridine rings is 1. The fourth-order valence-corrected chi connectivity index (χ4v) is 2.71. The third-order valence-corrected chi connectivity index (χ3v) is 3.87. The highest BCUT2D eigenvalue weighted by molar-refractivity contribution is 5.79. The first-order valence-electron chi connectivity index (χ1n) is 7.04. The van der Waals surface area contributed by atoms with Gasteiger partial charge in [0.05, 0.1) is 6.20 Å². The summed E-state index contributed by atoms with van der Waals surface area (Å²) < 4.78 is 15.6. The van der Waals surface area contributed by atoms with Crippen LogP contribution < -0.4 is 5.73 Å². The van der Waals surface area contributed by atoms with Gasteiger partial charge in [0.25, 0.3) is 0 Å². The number of nitrogens with two attached hydrogens (primary N) is 1. The van der Waals surface area contributed by atoms with Gasteiger partial charge in [-0.2, -0.15) is 5.10 Å². The van der Waals surface area contributed by atoms with Gasteiger partial charge in [-0.3, -0.25) is 0 Å². The number of aryl methyl sites for hydroxylation is 1. The van der Waals surface area contributed by atoms with Crippen LogP contribution >= 0.6 is 0 Å². The number of halogens is 1. The second-order valence-corrected chi connectivity index (χ2v) is 5.65. The summed E-state index contributed by atoms with van der Waals surface area (Å²) in [6, 6.07) is 6.71. The molecule has 106 valence electrons. The SMILES string of the molecule is Cc1cc(C2CC2)c2nn(-c3ccc(N)cc3F)cc2n1. The average Bonchev–Trinajstić information content (AvgIpc) is 3.18. The minimum absolute atomic E-state index is 0.382. The van der Waals surface area contributed by atoms with Crippen LogP contribution in [0.5, 0.6) is 0 Å². The zero-order valence-electron chi connectivity index (χ0n) is 11.7. The van der Waals surface area contributed by atoms with E-state index in [-0.39, 0.29) is 5.82 Å². The Morgan fingerprint density at radius 2 is 2.10 bits per heavy atom. The molecular weight excluding hydrogens is 267 g/mol. The van der Waals surface area contributed by atoms with E-state index < -0.39 is 0 Å². The number of aromatic nitrogens is 3. The van der Waals surface area contributed by atoms with E-state index in [0.29, 0.717) is 17.3 Å². The number of nitrogen functional groups attached to an aromatic ring is 1. The summed E-state index contributed by atoms with van der Waals surface area (Å²) in [5.74, 6) is 0.196. The summed E-state index contributed by atoms with van der Waals surface area (Å²) in [6.45, 7) is 1.98. The zero-order chi connectivity index (χ0) is 14.6. The Kier molecular flexibility index (Phi) is 2.51. The third kappa shape index (κ3) is 2.05. The maximum absolute atomic E-state index is 14.1. The Morgan fingerprint density at radius 1 is 1.29 bits per heavy atom. The molecule has 1 aromatic carbocycles. The van der Waals surface area contributed by atoms with Crippen LogP contribution in [-0.4, -0.2) is 14.8 Å². The first-order chi connectivity index (χ1) is 10.1. The summed E-state index contributed by atoms with van der Waals surface area (Å²) in [4.78, 5) is 4.51. The van der Waals surface area contributed by atoms with Gasteiger partial charge < -0.3 is 5.73 Å². The van der Waals surface area contributed by atoms with Gasteiger partial charge in [0, 0.05) is 11.4 Å². The molecular formula is C16H15FN4. The standard InChI is InChI=1S/C16H15FN4/c1-9-6-12(10-2-3-10)16-14(19-9)8-21(20-16)15-5-4-11(18)7-13(15)17/h4-8,10H,2-3,18H2,1H3. The van der Waals surface area contributed by atoms with E-state index in [1.54, 1.807) is 23.0 Å². The number of hydrogen-bond donors (Lipinski definition) is 1. The smallest absolute Gasteiger partial charge is 0.150 e. The van der Waals surface area contributed by atoms with E-state index in [2.05, 4.69) is 16.1 Å². The molecule has 3 aromatic rings. The van der Waals surface area contributed by atoms with Crippen molar-refractivity contribution in [2.45, 2.75) is 25.7 Å². The summed E-state index contributed by atoms with van der Waals surface area (Å²) in [5.41, 5.74) is 10.3. The number of fused-ring (bicyclic) bond motifs is 1. The van der Waals surface area contributed by atoms with Crippen LogP contribution in [0.3, 0.4) is 0 Å². The Bertz CT molecular complexity index is 849. The van der Waals surface area contributed by atoms with Crippen LogP contribution in [0.4, 0.5) is 10.1 Å². The molecule has 0 aliphatic heterocycles. The topological polar surface area (TPSA) is 56.7 Å².